The monoisotopic (exact) mass is 577 g/mol. The highest BCUT2D eigenvalue weighted by atomic mass is 16.5. The van der Waals surface area contributed by atoms with Crippen LogP contribution >= 0.6 is 0 Å². The highest BCUT2D eigenvalue weighted by Crippen LogP contribution is 2.47. The van der Waals surface area contributed by atoms with Crippen molar-refractivity contribution in [3.63, 3.8) is 0 Å². The topological polar surface area (TPSA) is 102 Å². The van der Waals surface area contributed by atoms with E-state index < -0.39 is 5.97 Å². The van der Waals surface area contributed by atoms with Crippen molar-refractivity contribution in [3.05, 3.63) is 112 Å². The highest BCUT2D eigenvalue weighted by Gasteiger charge is 2.43. The molecule has 0 saturated heterocycles. The van der Waals surface area contributed by atoms with Gasteiger partial charge in [-0.3, -0.25) is 9.59 Å². The SMILES string of the molecule is COC(=O)c1cccc(-c2ccc(CNC(=O)[C@H]3C[C@H]3c3ccccc3)c3c2CCN(C(=O)c2cnoc2C(C)C)C3)c1. The number of methoxy groups -OCH3 is 1. The Kier molecular flexibility index (Phi) is 7.84. The number of amides is 2. The van der Waals surface area contributed by atoms with Gasteiger partial charge in [0.25, 0.3) is 5.91 Å². The molecule has 8 nitrogen and oxygen atoms in total. The molecule has 1 aromatic heterocycles. The van der Waals surface area contributed by atoms with Gasteiger partial charge in [0.15, 0.2) is 5.76 Å². The van der Waals surface area contributed by atoms with Crippen molar-refractivity contribution in [2.75, 3.05) is 13.7 Å². The summed E-state index contributed by atoms with van der Waals surface area (Å²) in [6, 6.07) is 21.6. The smallest absolute Gasteiger partial charge is 0.337 e. The van der Waals surface area contributed by atoms with Crippen LogP contribution in [0.1, 0.15) is 80.8 Å². The van der Waals surface area contributed by atoms with Gasteiger partial charge in [0, 0.05) is 31.5 Å². The van der Waals surface area contributed by atoms with Gasteiger partial charge in [-0.1, -0.05) is 73.6 Å². The minimum absolute atomic E-state index is 0.0279. The molecule has 4 aromatic rings. The molecule has 2 aliphatic rings. The van der Waals surface area contributed by atoms with Crippen molar-refractivity contribution < 1.29 is 23.6 Å². The van der Waals surface area contributed by atoms with Gasteiger partial charge in [0.2, 0.25) is 5.91 Å². The molecular weight excluding hydrogens is 542 g/mol. The maximum Gasteiger partial charge on any atom is 0.337 e. The van der Waals surface area contributed by atoms with E-state index in [0.717, 1.165) is 34.2 Å². The van der Waals surface area contributed by atoms with Crippen LogP contribution in [0.25, 0.3) is 11.1 Å². The lowest BCUT2D eigenvalue weighted by Crippen LogP contribution is -2.37. The third kappa shape index (κ3) is 5.69. The van der Waals surface area contributed by atoms with Gasteiger partial charge < -0.3 is 19.5 Å². The Morgan fingerprint density at radius 2 is 1.86 bits per heavy atom. The Labute approximate surface area is 251 Å². The number of ether oxygens (including phenoxy) is 1. The van der Waals surface area contributed by atoms with Crippen molar-refractivity contribution in [2.45, 2.75) is 51.6 Å². The van der Waals surface area contributed by atoms with E-state index in [2.05, 4.69) is 28.7 Å². The number of benzene rings is 3. The van der Waals surface area contributed by atoms with Gasteiger partial charge in [0.1, 0.15) is 5.56 Å². The third-order valence-electron chi connectivity index (χ3n) is 8.55. The van der Waals surface area contributed by atoms with E-state index in [4.69, 9.17) is 9.26 Å². The largest absolute Gasteiger partial charge is 0.465 e. The number of hydrogen-bond donors (Lipinski definition) is 1. The van der Waals surface area contributed by atoms with Crippen molar-refractivity contribution in [1.29, 1.82) is 0 Å². The van der Waals surface area contributed by atoms with Crippen LogP contribution in [0.5, 0.6) is 0 Å². The Bertz CT molecular complexity index is 1680. The molecule has 2 atom stereocenters. The van der Waals surface area contributed by atoms with E-state index in [1.807, 2.05) is 61.2 Å². The van der Waals surface area contributed by atoms with Crippen molar-refractivity contribution in [3.8, 4) is 11.1 Å². The maximum absolute atomic E-state index is 13.7. The molecule has 0 spiro atoms. The summed E-state index contributed by atoms with van der Waals surface area (Å²) in [4.78, 5) is 40.9. The summed E-state index contributed by atoms with van der Waals surface area (Å²) in [7, 11) is 1.37. The molecule has 1 aliphatic heterocycles. The Balaban J connectivity index is 1.29. The molecule has 1 N–H and O–H groups in total. The number of carbonyl (C=O) groups is 3. The number of fused-ring (bicyclic) bond motifs is 1. The van der Waals surface area contributed by atoms with E-state index in [1.54, 1.807) is 6.07 Å². The average Bonchev–Trinajstić information content (AvgIpc) is 3.70. The van der Waals surface area contributed by atoms with Crippen LogP contribution in [-0.4, -0.2) is 41.5 Å². The maximum atomic E-state index is 13.7. The van der Waals surface area contributed by atoms with Crippen LogP contribution < -0.4 is 5.32 Å². The second-order valence-electron chi connectivity index (χ2n) is 11.6. The zero-order chi connectivity index (χ0) is 30.1. The van der Waals surface area contributed by atoms with Gasteiger partial charge in [-0.2, -0.15) is 0 Å². The highest BCUT2D eigenvalue weighted by molar-refractivity contribution is 5.95. The predicted octanol–water partition coefficient (Wildman–Crippen LogP) is 5.87. The zero-order valence-electron chi connectivity index (χ0n) is 24.6. The summed E-state index contributed by atoms with van der Waals surface area (Å²) in [5.41, 5.74) is 7.16. The van der Waals surface area contributed by atoms with Crippen LogP contribution in [0, 0.1) is 5.92 Å². The Morgan fingerprint density at radius 3 is 2.63 bits per heavy atom. The molecule has 1 saturated carbocycles. The molecule has 2 heterocycles. The molecule has 6 rings (SSSR count). The van der Waals surface area contributed by atoms with Crippen LogP contribution in [0.15, 0.2) is 77.4 Å². The van der Waals surface area contributed by atoms with Crippen LogP contribution in [-0.2, 0) is 29.0 Å². The fourth-order valence-electron chi connectivity index (χ4n) is 6.14. The molecule has 0 radical (unpaired) electrons. The average molecular weight is 578 g/mol. The minimum Gasteiger partial charge on any atom is -0.465 e. The van der Waals surface area contributed by atoms with Crippen molar-refractivity contribution in [2.24, 2.45) is 5.92 Å². The molecule has 1 fully saturated rings. The van der Waals surface area contributed by atoms with Crippen LogP contribution in [0.3, 0.4) is 0 Å². The number of nitrogens with one attached hydrogen (secondary N) is 1. The van der Waals surface area contributed by atoms with Gasteiger partial charge in [0.05, 0.1) is 18.9 Å². The minimum atomic E-state index is -0.393. The first-order valence-corrected chi connectivity index (χ1v) is 14.7. The van der Waals surface area contributed by atoms with Gasteiger partial charge >= 0.3 is 5.97 Å². The summed E-state index contributed by atoms with van der Waals surface area (Å²) in [6.45, 7) is 5.23. The summed E-state index contributed by atoms with van der Waals surface area (Å²) in [5.74, 6) is 0.371. The van der Waals surface area contributed by atoms with E-state index >= 15 is 0 Å². The summed E-state index contributed by atoms with van der Waals surface area (Å²) >= 11 is 0. The first-order chi connectivity index (χ1) is 20.9. The molecule has 220 valence electrons. The summed E-state index contributed by atoms with van der Waals surface area (Å²) < 4.78 is 10.3. The fraction of sp³-hybridized carbons (Fsp3) is 0.314. The van der Waals surface area contributed by atoms with Crippen LogP contribution in [0.4, 0.5) is 0 Å². The normalized spacial score (nSPS) is 17.3. The lowest BCUT2D eigenvalue weighted by molar-refractivity contribution is -0.122. The second-order valence-corrected chi connectivity index (χ2v) is 11.6. The van der Waals surface area contributed by atoms with Gasteiger partial charge in [-0.15, -0.1) is 0 Å². The number of rotatable bonds is 8. The lowest BCUT2D eigenvalue weighted by atomic mass is 9.87. The predicted molar refractivity (Wildman–Crippen MR) is 161 cm³/mol. The molecule has 0 unspecified atom stereocenters. The van der Waals surface area contributed by atoms with Gasteiger partial charge in [-0.25, -0.2) is 4.79 Å². The summed E-state index contributed by atoms with van der Waals surface area (Å²) in [6.07, 6.45) is 2.98. The molecule has 3 aromatic carbocycles. The number of esters is 1. The number of hydrogen-bond acceptors (Lipinski definition) is 6. The number of nitrogens with zero attached hydrogens (tertiary/aromatic N) is 2. The molecule has 43 heavy (non-hydrogen) atoms. The van der Waals surface area contributed by atoms with E-state index in [0.29, 0.717) is 42.9 Å². The van der Waals surface area contributed by atoms with Crippen molar-refractivity contribution in [1.82, 2.24) is 15.4 Å². The standard InChI is InChI=1S/C35H35N3O5/c1-21(2)32-30(19-37-43-32)34(40)38-15-14-27-26(23-10-7-11-24(16-23)35(41)42-3)13-12-25(31(27)20-38)18-36-33(39)29-17-28(29)22-8-5-4-6-9-22/h4-13,16,19,21,28-29H,14-15,17-18,20H2,1-3H3,(H,36,39)/t28-,29-/m0/s1. The van der Waals surface area contributed by atoms with E-state index in [9.17, 15) is 14.4 Å². The summed E-state index contributed by atoms with van der Waals surface area (Å²) in [5, 5.41) is 7.06. The van der Waals surface area contributed by atoms with E-state index in [-0.39, 0.29) is 29.6 Å². The zero-order valence-corrected chi connectivity index (χ0v) is 24.6. The molecule has 0 bridgehead atoms. The molecular formula is C35H35N3O5. The molecule has 2 amide bonds. The Hall–Kier alpha value is -4.72. The van der Waals surface area contributed by atoms with Crippen LogP contribution in [0.2, 0.25) is 0 Å². The van der Waals surface area contributed by atoms with E-state index in [1.165, 1.54) is 18.9 Å². The molecule has 8 heteroatoms. The second kappa shape index (κ2) is 11.9. The number of aromatic nitrogens is 1. The fourth-order valence-corrected chi connectivity index (χ4v) is 6.14. The number of carbonyl (C=O) groups excluding carboxylic acids is 3. The lowest BCUT2D eigenvalue weighted by Gasteiger charge is -2.32. The van der Waals surface area contributed by atoms with Gasteiger partial charge in [-0.05, 0) is 64.3 Å². The third-order valence-corrected chi connectivity index (χ3v) is 8.55. The Morgan fingerprint density at radius 1 is 1.05 bits per heavy atom. The molecule has 1 aliphatic carbocycles. The first-order valence-electron chi connectivity index (χ1n) is 14.7. The van der Waals surface area contributed by atoms with Crippen molar-refractivity contribution >= 4 is 17.8 Å². The quantitative estimate of drug-likeness (QED) is 0.263. The first kappa shape index (κ1) is 28.4.